The van der Waals surface area contributed by atoms with Crippen molar-refractivity contribution in [3.05, 3.63) is 42.5 Å². The van der Waals surface area contributed by atoms with E-state index in [4.69, 9.17) is 4.79 Å². The first-order chi connectivity index (χ1) is 5.66. The third kappa shape index (κ3) is 7.32. The van der Waals surface area contributed by atoms with Crippen LogP contribution in [-0.4, -0.2) is 4.70 Å². The Kier molecular flexibility index (Phi) is 6.44. The average Bonchev–Trinajstić information content (AvgIpc) is 2.05. The lowest BCUT2D eigenvalue weighted by Crippen LogP contribution is -1.63. The zero-order valence-electron chi connectivity index (χ0n) is 6.34. The van der Waals surface area contributed by atoms with E-state index in [0.717, 1.165) is 0 Å². The molecule has 0 radical (unpaired) electrons. The maximum atomic E-state index is 8.98. The van der Waals surface area contributed by atoms with Crippen LogP contribution in [0.3, 0.4) is 0 Å². The molecule has 12 heavy (non-hydrogen) atoms. The summed E-state index contributed by atoms with van der Waals surface area (Å²) in [6, 6.07) is 10.0. The fourth-order valence-corrected chi connectivity index (χ4v) is 0.589. The molecule has 64 valence electrons. The van der Waals surface area contributed by atoms with Crippen LogP contribution < -0.4 is 0 Å². The van der Waals surface area contributed by atoms with Gasteiger partial charge in [-0.25, -0.2) is 0 Å². The van der Waals surface area contributed by atoms with Gasteiger partial charge in [-0.2, -0.15) is 0 Å². The predicted octanol–water partition coefficient (Wildman–Crippen LogP) is 3.91. The van der Waals surface area contributed by atoms with Gasteiger partial charge in [0.1, 0.15) is 0 Å². The van der Waals surface area contributed by atoms with E-state index in [1.165, 1.54) is 5.56 Å². The summed E-state index contributed by atoms with van der Waals surface area (Å²) in [7, 11) is 0. The number of halogens is 2. The highest BCUT2D eigenvalue weighted by Gasteiger charge is 1.75. The topological polar surface area (TPSA) is 17.1 Å². The van der Waals surface area contributed by atoms with E-state index in [2.05, 4.69) is 29.8 Å². The number of hydrogen-bond donors (Lipinski definition) is 0. The van der Waals surface area contributed by atoms with Gasteiger partial charge in [0.05, 0.1) is 0 Å². The van der Waals surface area contributed by atoms with E-state index in [9.17, 15) is 0 Å². The van der Waals surface area contributed by atoms with E-state index in [1.807, 2.05) is 36.4 Å². The van der Waals surface area contributed by atoms with Crippen molar-refractivity contribution in [2.75, 3.05) is 0 Å². The standard InChI is InChI=1S/C8H8.CCl2O/c1-2-8-6-4-3-5-7-8;2-1(3)4/h2-7H,1H2;. The zero-order chi connectivity index (χ0) is 9.40. The Morgan fingerprint density at radius 3 is 1.92 bits per heavy atom. The zero-order valence-corrected chi connectivity index (χ0v) is 7.85. The molecule has 0 aromatic heterocycles. The van der Waals surface area contributed by atoms with Crippen molar-refractivity contribution in [1.82, 2.24) is 0 Å². The van der Waals surface area contributed by atoms with E-state index >= 15 is 0 Å². The first-order valence-corrected chi connectivity index (χ1v) is 3.95. The van der Waals surface area contributed by atoms with E-state index < -0.39 is 4.70 Å². The molecule has 3 heteroatoms. The molecule has 0 aliphatic carbocycles. The number of carbonyl (C=O) groups excluding carboxylic acids is 1. The van der Waals surface area contributed by atoms with E-state index in [1.54, 1.807) is 0 Å². The van der Waals surface area contributed by atoms with Crippen molar-refractivity contribution >= 4 is 34.0 Å². The third-order valence-electron chi connectivity index (χ3n) is 1.04. The molecule has 0 spiro atoms. The van der Waals surface area contributed by atoms with Crippen LogP contribution in [0.25, 0.3) is 6.08 Å². The Morgan fingerprint density at radius 2 is 1.67 bits per heavy atom. The van der Waals surface area contributed by atoms with Gasteiger partial charge >= 0.3 is 4.70 Å². The van der Waals surface area contributed by atoms with Crippen LogP contribution in [0.5, 0.6) is 0 Å². The second-order valence-corrected chi connectivity index (χ2v) is 2.72. The fourth-order valence-electron chi connectivity index (χ4n) is 0.589. The molecular formula is C9H8Cl2O. The van der Waals surface area contributed by atoms with Crippen LogP contribution in [0, 0.1) is 0 Å². The highest BCUT2D eigenvalue weighted by atomic mass is 35.5. The molecule has 0 amide bonds. The summed E-state index contributed by atoms with van der Waals surface area (Å²) in [4.78, 5) is 8.98. The monoisotopic (exact) mass is 202 g/mol. The van der Waals surface area contributed by atoms with Crippen molar-refractivity contribution in [3.63, 3.8) is 0 Å². The Labute approximate surface area is 81.6 Å². The molecule has 0 saturated carbocycles. The van der Waals surface area contributed by atoms with Crippen LogP contribution in [0.1, 0.15) is 5.56 Å². The van der Waals surface area contributed by atoms with E-state index in [0.29, 0.717) is 0 Å². The highest BCUT2D eigenvalue weighted by Crippen LogP contribution is 1.97. The van der Waals surface area contributed by atoms with Crippen molar-refractivity contribution in [3.8, 4) is 0 Å². The summed E-state index contributed by atoms with van der Waals surface area (Å²) in [6.07, 6.45) is 1.83. The molecule has 0 bridgehead atoms. The lowest BCUT2D eigenvalue weighted by atomic mass is 10.2. The maximum Gasteiger partial charge on any atom is 0.313 e. The minimum atomic E-state index is -0.889. The van der Waals surface area contributed by atoms with Crippen molar-refractivity contribution in [2.45, 2.75) is 0 Å². The smallest absolute Gasteiger partial charge is 0.262 e. The molecule has 1 rings (SSSR count). The van der Waals surface area contributed by atoms with Gasteiger partial charge in [0.15, 0.2) is 0 Å². The van der Waals surface area contributed by atoms with Crippen molar-refractivity contribution in [1.29, 1.82) is 0 Å². The summed E-state index contributed by atoms with van der Waals surface area (Å²) in [5, 5.41) is 0. The van der Waals surface area contributed by atoms with Crippen LogP contribution >= 0.6 is 23.2 Å². The molecule has 0 fully saturated rings. The Morgan fingerprint density at radius 1 is 1.25 bits per heavy atom. The molecule has 0 saturated heterocycles. The quantitative estimate of drug-likeness (QED) is 0.632. The van der Waals surface area contributed by atoms with E-state index in [-0.39, 0.29) is 0 Å². The Balaban J connectivity index is 0.000000261. The van der Waals surface area contributed by atoms with Gasteiger partial charge in [-0.3, -0.25) is 4.79 Å². The fraction of sp³-hybridized carbons (Fsp3) is 0. The second-order valence-electron chi connectivity index (χ2n) is 1.84. The van der Waals surface area contributed by atoms with Crippen molar-refractivity contribution < 1.29 is 4.79 Å². The van der Waals surface area contributed by atoms with Crippen LogP contribution in [0.4, 0.5) is 4.79 Å². The molecule has 1 aromatic carbocycles. The molecule has 0 aliphatic rings. The summed E-state index contributed by atoms with van der Waals surface area (Å²) in [5.41, 5.74) is 1.17. The number of rotatable bonds is 1. The Hall–Kier alpha value is -0.790. The lowest BCUT2D eigenvalue weighted by molar-refractivity contribution is 0.275. The second kappa shape index (κ2) is 6.89. The number of hydrogen-bond acceptors (Lipinski definition) is 1. The first kappa shape index (κ1) is 11.2. The number of benzene rings is 1. The van der Waals surface area contributed by atoms with Crippen LogP contribution in [0.2, 0.25) is 0 Å². The van der Waals surface area contributed by atoms with Gasteiger partial charge in [-0.15, -0.1) is 0 Å². The van der Waals surface area contributed by atoms with Gasteiger partial charge in [0.2, 0.25) is 0 Å². The highest BCUT2D eigenvalue weighted by molar-refractivity contribution is 6.93. The summed E-state index contributed by atoms with van der Waals surface area (Å²) < 4.78 is -0.889. The minimum Gasteiger partial charge on any atom is -0.262 e. The maximum absolute atomic E-state index is 8.98. The summed E-state index contributed by atoms with van der Waals surface area (Å²) >= 11 is 8.80. The van der Waals surface area contributed by atoms with Crippen LogP contribution in [0.15, 0.2) is 36.9 Å². The predicted molar refractivity (Wildman–Crippen MR) is 53.6 cm³/mol. The Bertz CT molecular complexity index is 240. The van der Waals surface area contributed by atoms with Gasteiger partial charge < -0.3 is 0 Å². The molecule has 1 nitrogen and oxygen atoms in total. The molecule has 0 atom stereocenters. The van der Waals surface area contributed by atoms with Gasteiger partial charge in [-0.05, 0) is 28.8 Å². The lowest BCUT2D eigenvalue weighted by Gasteiger charge is -1.85. The normalized spacial score (nSPS) is 7.83. The molecule has 0 heterocycles. The molecule has 0 unspecified atom stereocenters. The van der Waals surface area contributed by atoms with Gasteiger partial charge in [-0.1, -0.05) is 43.0 Å². The largest absolute Gasteiger partial charge is 0.313 e. The van der Waals surface area contributed by atoms with Crippen LogP contribution in [-0.2, 0) is 0 Å². The third-order valence-corrected chi connectivity index (χ3v) is 1.04. The summed E-state index contributed by atoms with van der Waals surface area (Å²) in [5.74, 6) is 0. The summed E-state index contributed by atoms with van der Waals surface area (Å²) in [6.45, 7) is 3.63. The van der Waals surface area contributed by atoms with Gasteiger partial charge in [0.25, 0.3) is 0 Å². The molecule has 0 aliphatic heterocycles. The van der Waals surface area contributed by atoms with Crippen molar-refractivity contribution in [2.24, 2.45) is 0 Å². The molecule has 1 aromatic rings. The first-order valence-electron chi connectivity index (χ1n) is 3.19. The molecular weight excluding hydrogens is 195 g/mol. The minimum absolute atomic E-state index is 0.889. The van der Waals surface area contributed by atoms with Gasteiger partial charge in [0, 0.05) is 0 Å². The average molecular weight is 203 g/mol. The SMILES string of the molecule is C=Cc1ccccc1.O=C(Cl)Cl. The number of carbonyl (C=O) groups is 1. The molecule has 0 N–H and O–H groups in total.